The number of methoxy groups -OCH3 is 2. The summed E-state index contributed by atoms with van der Waals surface area (Å²) in [6, 6.07) is 1.26. The number of ether oxygens (including phenoxy) is 8. The molecule has 72 heavy (non-hydrogen) atoms. The molecule has 5 rings (SSSR count). The zero-order valence-corrected chi connectivity index (χ0v) is 44.0. The molecule has 1 aromatic rings. The van der Waals surface area contributed by atoms with Gasteiger partial charge in [0.1, 0.15) is 59.7 Å². The highest BCUT2D eigenvalue weighted by molar-refractivity contribution is 8.13. The number of amides is 5. The van der Waals surface area contributed by atoms with Gasteiger partial charge in [-0.2, -0.15) is 0 Å². The molecular formula is C49H68ClN5O16S. The Kier molecular flexibility index (Phi) is 20.5. The highest BCUT2D eigenvalue weighted by atomic mass is 35.5. The van der Waals surface area contributed by atoms with Crippen LogP contribution in [-0.2, 0) is 58.8 Å². The zero-order valence-electron chi connectivity index (χ0n) is 42.4. The molecule has 10 atom stereocenters. The lowest BCUT2D eigenvalue weighted by Crippen LogP contribution is -2.63. The SMILES string of the molecule is CCC(=O)C(CN(C)C(=O)OC1/C=C/COCOC1)NC(=O)SCCC(=O)N(C)[C@@H](C)C(=O)O[C@H]1CC(=O)N(C)c2cc(cc(OC)c2Cl)C/C(C)=C/C=C/[C@@H](OC)[C@@]2(O)C[C@H](OC(=O)N2)[C@@H](C)[C@@H]2O[C@@]12C. The minimum atomic E-state index is -1.89. The van der Waals surface area contributed by atoms with Crippen LogP contribution in [0, 0.1) is 5.92 Å². The molecule has 4 heterocycles. The van der Waals surface area contributed by atoms with Crippen LogP contribution in [0.4, 0.5) is 20.1 Å². The van der Waals surface area contributed by atoms with E-state index < -0.39 is 101 Å². The van der Waals surface area contributed by atoms with Gasteiger partial charge in [0.15, 0.2) is 11.5 Å². The number of anilines is 1. The minimum absolute atomic E-state index is 0.0312. The molecule has 23 heteroatoms. The Morgan fingerprint density at radius 1 is 1.11 bits per heavy atom. The first-order valence-electron chi connectivity index (χ1n) is 23.6. The summed E-state index contributed by atoms with van der Waals surface area (Å²) in [5, 5.41) is 16.5. The van der Waals surface area contributed by atoms with Gasteiger partial charge in [-0.15, -0.1) is 0 Å². The number of carbonyl (C=O) groups excluding carboxylic acids is 7. The topological polar surface area (TPSA) is 251 Å². The molecule has 4 aliphatic heterocycles. The molecule has 0 aliphatic carbocycles. The lowest BCUT2D eigenvalue weighted by atomic mass is 9.83. The van der Waals surface area contributed by atoms with Crippen LogP contribution in [0.3, 0.4) is 0 Å². The summed E-state index contributed by atoms with van der Waals surface area (Å²) in [6.45, 7) is 8.62. The van der Waals surface area contributed by atoms with E-state index in [1.165, 1.54) is 52.1 Å². The van der Waals surface area contributed by atoms with Gasteiger partial charge in [-0.25, -0.2) is 14.4 Å². The summed E-state index contributed by atoms with van der Waals surface area (Å²) >= 11 is 7.55. The highest BCUT2D eigenvalue weighted by Gasteiger charge is 2.64. The average Bonchev–Trinajstić information content (AvgIpc) is 4.03. The molecule has 0 radical (unpaired) electrons. The third kappa shape index (κ3) is 14.7. The van der Waals surface area contributed by atoms with Crippen molar-refractivity contribution in [1.29, 1.82) is 0 Å². The Balaban J connectivity index is 1.28. The van der Waals surface area contributed by atoms with Crippen molar-refractivity contribution >= 4 is 70.0 Å². The van der Waals surface area contributed by atoms with E-state index in [0.717, 1.165) is 27.8 Å². The van der Waals surface area contributed by atoms with Gasteiger partial charge in [0.05, 0.1) is 45.1 Å². The van der Waals surface area contributed by atoms with Crippen molar-refractivity contribution in [2.75, 3.05) is 72.6 Å². The number of fused-ring (bicyclic) bond motifs is 5. The number of halogens is 1. The molecule has 0 aromatic heterocycles. The number of hydrogen-bond donors (Lipinski definition) is 3. The molecule has 0 saturated carbocycles. The van der Waals surface area contributed by atoms with Crippen molar-refractivity contribution in [2.45, 2.75) is 121 Å². The number of carbonyl (C=O) groups is 7. The summed E-state index contributed by atoms with van der Waals surface area (Å²) in [5.74, 6) is -2.54. The standard InChI is InChI=1S/C49H68ClN5O16S/c1-11-35(56)33(25-53(6)47(62)68-32-15-13-18-66-27-67-26-32)51-46(61)72-19-17-40(57)54(7)30(4)44(59)70-39-23-41(58)55(8)34-21-31(22-36(64-9)42(34)50)20-28(2)14-12-16-38(65-10)49(63)24-37(69-45(60)52-49)29(3)43-48(39,5)71-43/h12-16,21-22,29-30,32-33,37-39,43,63H,11,17-20,23-27H2,1-10H3,(H,51,61)(H,52,60)/b15-13+,16-12+,28-14+/t29-,30+,32?,33?,37+,38-,39+,43+,48+,49+/m1/s1. The highest BCUT2D eigenvalue weighted by Crippen LogP contribution is 2.49. The molecule has 3 N–H and O–H groups in total. The van der Waals surface area contributed by atoms with Crippen LogP contribution in [0.15, 0.2) is 48.1 Å². The van der Waals surface area contributed by atoms with Crippen molar-refractivity contribution in [3.63, 3.8) is 0 Å². The van der Waals surface area contributed by atoms with E-state index >= 15 is 0 Å². The monoisotopic (exact) mass is 1050 g/mol. The van der Waals surface area contributed by atoms with E-state index in [-0.39, 0.29) is 55.8 Å². The molecule has 398 valence electrons. The molecule has 4 aliphatic rings. The Bertz CT molecular complexity index is 2270. The third-order valence-corrected chi connectivity index (χ3v) is 14.3. The zero-order chi connectivity index (χ0) is 53.1. The number of hydrogen-bond acceptors (Lipinski definition) is 17. The second-order valence-corrected chi connectivity index (χ2v) is 19.8. The number of ketones is 1. The number of epoxide rings is 1. The smallest absolute Gasteiger partial charge is 0.410 e. The quantitative estimate of drug-likeness (QED) is 0.0989. The predicted molar refractivity (Wildman–Crippen MR) is 264 cm³/mol. The van der Waals surface area contributed by atoms with Crippen LogP contribution >= 0.6 is 23.4 Å². The fourth-order valence-electron chi connectivity index (χ4n) is 8.53. The van der Waals surface area contributed by atoms with Crippen molar-refractivity contribution in [3.05, 3.63) is 58.7 Å². The minimum Gasteiger partial charge on any atom is -0.495 e. The number of nitrogens with zero attached hydrogens (tertiary/aromatic N) is 3. The molecule has 5 amide bonds. The van der Waals surface area contributed by atoms with Crippen LogP contribution in [0.1, 0.15) is 65.9 Å². The van der Waals surface area contributed by atoms with Gasteiger partial charge in [0, 0.05) is 59.2 Å². The first-order valence-corrected chi connectivity index (χ1v) is 25.0. The van der Waals surface area contributed by atoms with Crippen LogP contribution in [-0.4, -0.2) is 177 Å². The first kappa shape index (κ1) is 57.7. The number of Topliss-reactive ketones (excluding diaryl/α,β-unsaturated/α-hetero) is 1. The lowest BCUT2D eigenvalue weighted by Gasteiger charge is -2.42. The van der Waals surface area contributed by atoms with E-state index in [0.29, 0.717) is 24.5 Å². The molecule has 1 aromatic carbocycles. The van der Waals surface area contributed by atoms with Gasteiger partial charge in [0.25, 0.3) is 5.24 Å². The Labute approximate surface area is 429 Å². The van der Waals surface area contributed by atoms with Gasteiger partial charge in [-0.05, 0) is 51.0 Å². The fourth-order valence-corrected chi connectivity index (χ4v) is 9.53. The van der Waals surface area contributed by atoms with Gasteiger partial charge in [-0.3, -0.25) is 24.5 Å². The predicted octanol–water partition coefficient (Wildman–Crippen LogP) is 4.69. The van der Waals surface area contributed by atoms with Gasteiger partial charge in [-0.1, -0.05) is 67.1 Å². The number of esters is 1. The lowest BCUT2D eigenvalue weighted by molar-refractivity contribution is -0.162. The number of thioether (sulfide) groups is 1. The number of likely N-dealkylation sites (N-methyl/N-ethyl adjacent to an activating group) is 2. The van der Waals surface area contributed by atoms with E-state index in [9.17, 15) is 38.7 Å². The number of benzene rings is 1. The molecular weight excluding hydrogens is 982 g/mol. The second-order valence-electron chi connectivity index (χ2n) is 18.4. The van der Waals surface area contributed by atoms with E-state index in [2.05, 4.69) is 10.6 Å². The summed E-state index contributed by atoms with van der Waals surface area (Å²) in [6.07, 6.45) is 2.04. The number of rotatable bonds is 14. The van der Waals surface area contributed by atoms with Gasteiger partial charge in [0.2, 0.25) is 11.8 Å². The Morgan fingerprint density at radius 2 is 1.85 bits per heavy atom. The average molecular weight is 1050 g/mol. The Hall–Kier alpha value is -5.23. The van der Waals surface area contributed by atoms with Gasteiger partial charge < -0.3 is 63.0 Å². The molecule has 0 spiro atoms. The second kappa shape index (κ2) is 25.6. The molecule has 2 saturated heterocycles. The summed E-state index contributed by atoms with van der Waals surface area (Å²) in [7, 11) is 7.23. The van der Waals surface area contributed by atoms with Crippen LogP contribution in [0.25, 0.3) is 0 Å². The van der Waals surface area contributed by atoms with Crippen LogP contribution < -0.4 is 20.3 Å². The molecule has 2 unspecified atom stereocenters. The van der Waals surface area contributed by atoms with Crippen molar-refractivity contribution < 1.29 is 76.6 Å². The number of allylic oxidation sites excluding steroid dienone is 3. The maximum Gasteiger partial charge on any atom is 0.410 e. The van der Waals surface area contributed by atoms with Crippen molar-refractivity contribution in [2.24, 2.45) is 5.92 Å². The number of alkyl carbamates (subject to hydrolysis) is 1. The maximum atomic E-state index is 14.3. The van der Waals surface area contributed by atoms with E-state index in [1.807, 2.05) is 13.0 Å². The molecule has 21 nitrogen and oxygen atoms in total. The first-order chi connectivity index (χ1) is 34.0. The van der Waals surface area contributed by atoms with E-state index in [1.54, 1.807) is 57.2 Å². The summed E-state index contributed by atoms with van der Waals surface area (Å²) in [5.41, 5.74) is -1.25. The third-order valence-electron chi connectivity index (χ3n) is 13.1. The van der Waals surface area contributed by atoms with Crippen LogP contribution in [0.2, 0.25) is 5.02 Å². The van der Waals surface area contributed by atoms with Gasteiger partial charge >= 0.3 is 18.2 Å². The molecule has 4 bridgehead atoms. The van der Waals surface area contributed by atoms with Crippen molar-refractivity contribution in [3.8, 4) is 5.75 Å². The summed E-state index contributed by atoms with van der Waals surface area (Å²) < 4.78 is 45.3. The summed E-state index contributed by atoms with van der Waals surface area (Å²) in [4.78, 5) is 97.4. The van der Waals surface area contributed by atoms with Crippen LogP contribution in [0.5, 0.6) is 5.75 Å². The van der Waals surface area contributed by atoms with E-state index in [4.69, 9.17) is 49.5 Å². The molecule has 2 fully saturated rings. The normalized spacial score (nSPS) is 29.1. The fraction of sp³-hybridized carbons (Fsp3) is 0.612. The largest absolute Gasteiger partial charge is 0.495 e. The maximum absolute atomic E-state index is 14.3. The Morgan fingerprint density at radius 3 is 2.54 bits per heavy atom. The van der Waals surface area contributed by atoms with Crippen molar-refractivity contribution in [1.82, 2.24) is 20.4 Å². The number of aliphatic hydroxyl groups is 1. The number of nitrogens with one attached hydrogen (secondary N) is 2.